The molecule has 0 spiro atoms. The standard InChI is InChI=1S/C18H20F3N3O3/c1-3-27-16-15(25)24(17(26)23(16)2)14-9-13(18(19,20)21)12(10-22-14)11-7-5-4-6-8-11/h4-10,15-17,25-26H,3H2,1-2H3. The summed E-state index contributed by atoms with van der Waals surface area (Å²) in [7, 11) is 1.50. The highest BCUT2D eigenvalue weighted by molar-refractivity contribution is 5.69. The van der Waals surface area contributed by atoms with Gasteiger partial charge in [0, 0.05) is 18.4 Å². The number of aliphatic hydroxyl groups is 2. The van der Waals surface area contributed by atoms with Crippen LogP contribution in [-0.2, 0) is 10.9 Å². The number of alkyl halides is 3. The molecule has 1 aromatic heterocycles. The number of pyridine rings is 1. The first kappa shape index (κ1) is 19.6. The first-order chi connectivity index (χ1) is 12.8. The van der Waals surface area contributed by atoms with E-state index in [0.717, 1.165) is 17.2 Å². The number of likely N-dealkylation sites (N-methyl/N-ethyl adjacent to an activating group) is 1. The number of aromatic nitrogens is 1. The summed E-state index contributed by atoms with van der Waals surface area (Å²) < 4.78 is 46.4. The number of hydrogen-bond donors (Lipinski definition) is 2. The summed E-state index contributed by atoms with van der Waals surface area (Å²) in [6, 6.07) is 8.93. The molecule has 1 aromatic carbocycles. The molecule has 1 saturated heterocycles. The summed E-state index contributed by atoms with van der Waals surface area (Å²) in [4.78, 5) is 6.37. The molecule has 3 rings (SSSR count). The molecule has 1 aliphatic heterocycles. The topological polar surface area (TPSA) is 69.1 Å². The lowest BCUT2D eigenvalue weighted by atomic mass is 10.0. The summed E-state index contributed by atoms with van der Waals surface area (Å²) in [5, 5.41) is 20.8. The van der Waals surface area contributed by atoms with E-state index in [9.17, 15) is 23.4 Å². The molecular weight excluding hydrogens is 363 g/mol. The van der Waals surface area contributed by atoms with Crippen molar-refractivity contribution in [3.05, 3.63) is 48.2 Å². The smallest absolute Gasteiger partial charge is 0.369 e. The molecule has 1 fully saturated rings. The third-order valence-corrected chi connectivity index (χ3v) is 4.44. The molecule has 2 N–H and O–H groups in total. The maximum Gasteiger partial charge on any atom is 0.417 e. The minimum atomic E-state index is -4.64. The third kappa shape index (κ3) is 3.63. The van der Waals surface area contributed by atoms with Gasteiger partial charge in [0.25, 0.3) is 0 Å². The van der Waals surface area contributed by atoms with E-state index < -0.39 is 30.5 Å². The van der Waals surface area contributed by atoms with E-state index in [2.05, 4.69) is 4.98 Å². The summed E-state index contributed by atoms with van der Waals surface area (Å²) in [6.07, 6.45) is -7.19. The van der Waals surface area contributed by atoms with Crippen molar-refractivity contribution >= 4 is 5.82 Å². The first-order valence-corrected chi connectivity index (χ1v) is 8.36. The Bertz CT molecular complexity index is 788. The highest BCUT2D eigenvalue weighted by Crippen LogP contribution is 2.39. The zero-order valence-electron chi connectivity index (χ0n) is 14.8. The fourth-order valence-corrected chi connectivity index (χ4v) is 3.11. The van der Waals surface area contributed by atoms with Crippen LogP contribution in [0.4, 0.5) is 19.0 Å². The van der Waals surface area contributed by atoms with Crippen molar-refractivity contribution < 1.29 is 28.1 Å². The fourth-order valence-electron chi connectivity index (χ4n) is 3.11. The van der Waals surface area contributed by atoms with Gasteiger partial charge in [0.2, 0.25) is 0 Å². The van der Waals surface area contributed by atoms with Crippen LogP contribution >= 0.6 is 0 Å². The number of benzene rings is 1. The molecule has 27 heavy (non-hydrogen) atoms. The van der Waals surface area contributed by atoms with Gasteiger partial charge < -0.3 is 14.9 Å². The van der Waals surface area contributed by atoms with Crippen molar-refractivity contribution in [1.29, 1.82) is 0 Å². The number of ether oxygens (including phenoxy) is 1. The lowest BCUT2D eigenvalue weighted by molar-refractivity contribution is -0.137. The van der Waals surface area contributed by atoms with Crippen LogP contribution in [0.2, 0.25) is 0 Å². The quantitative estimate of drug-likeness (QED) is 0.846. The van der Waals surface area contributed by atoms with E-state index >= 15 is 0 Å². The first-order valence-electron chi connectivity index (χ1n) is 8.36. The van der Waals surface area contributed by atoms with Gasteiger partial charge >= 0.3 is 6.18 Å². The van der Waals surface area contributed by atoms with Crippen LogP contribution in [-0.4, -0.2) is 52.6 Å². The molecule has 0 aliphatic carbocycles. The molecular formula is C18H20F3N3O3. The molecule has 3 atom stereocenters. The van der Waals surface area contributed by atoms with Gasteiger partial charge in [0.1, 0.15) is 5.82 Å². The van der Waals surface area contributed by atoms with Gasteiger partial charge in [0.15, 0.2) is 18.8 Å². The fraction of sp³-hybridized carbons (Fsp3) is 0.389. The highest BCUT2D eigenvalue weighted by Gasteiger charge is 2.46. The molecule has 2 heterocycles. The van der Waals surface area contributed by atoms with Crippen molar-refractivity contribution in [3.8, 4) is 11.1 Å². The highest BCUT2D eigenvalue weighted by atomic mass is 19.4. The molecule has 1 aliphatic rings. The predicted molar refractivity (Wildman–Crippen MR) is 92.3 cm³/mol. The monoisotopic (exact) mass is 383 g/mol. The lowest BCUT2D eigenvalue weighted by Gasteiger charge is -2.26. The Morgan fingerprint density at radius 2 is 1.85 bits per heavy atom. The van der Waals surface area contributed by atoms with Crippen LogP contribution < -0.4 is 4.90 Å². The van der Waals surface area contributed by atoms with Gasteiger partial charge in [-0.15, -0.1) is 0 Å². The molecule has 146 valence electrons. The third-order valence-electron chi connectivity index (χ3n) is 4.44. The van der Waals surface area contributed by atoms with E-state index in [1.54, 1.807) is 37.3 Å². The zero-order chi connectivity index (χ0) is 19.8. The molecule has 6 nitrogen and oxygen atoms in total. The minimum Gasteiger partial charge on any atom is -0.369 e. The van der Waals surface area contributed by atoms with Crippen LogP contribution in [0.25, 0.3) is 11.1 Å². The van der Waals surface area contributed by atoms with Crippen LogP contribution in [0.3, 0.4) is 0 Å². The van der Waals surface area contributed by atoms with Gasteiger partial charge in [0.05, 0.1) is 5.56 Å². The summed E-state index contributed by atoms with van der Waals surface area (Å²) in [6.45, 7) is 1.98. The number of hydrogen-bond acceptors (Lipinski definition) is 6. The predicted octanol–water partition coefficient (Wildman–Crippen LogP) is 2.48. The van der Waals surface area contributed by atoms with Gasteiger partial charge in [-0.2, -0.15) is 13.2 Å². The second-order valence-corrected chi connectivity index (χ2v) is 6.13. The number of halogens is 3. The van der Waals surface area contributed by atoms with Crippen LogP contribution in [0, 0.1) is 0 Å². The van der Waals surface area contributed by atoms with E-state index in [1.807, 2.05) is 0 Å². The maximum absolute atomic E-state index is 13.7. The Morgan fingerprint density at radius 3 is 2.44 bits per heavy atom. The number of rotatable bonds is 4. The van der Waals surface area contributed by atoms with Crippen molar-refractivity contribution in [3.63, 3.8) is 0 Å². The largest absolute Gasteiger partial charge is 0.417 e. The van der Waals surface area contributed by atoms with Crippen molar-refractivity contribution in [2.24, 2.45) is 0 Å². The summed E-state index contributed by atoms with van der Waals surface area (Å²) in [5.74, 6) is -0.198. The Hall–Kier alpha value is -2.20. The second kappa shape index (κ2) is 7.43. The average molecular weight is 383 g/mol. The zero-order valence-corrected chi connectivity index (χ0v) is 14.8. The Balaban J connectivity index is 2.05. The van der Waals surface area contributed by atoms with Crippen molar-refractivity contribution in [2.75, 3.05) is 18.6 Å². The molecule has 2 aromatic rings. The number of anilines is 1. The molecule has 0 saturated carbocycles. The maximum atomic E-state index is 13.7. The molecule has 0 bridgehead atoms. The van der Waals surface area contributed by atoms with Crippen LogP contribution in [0.1, 0.15) is 12.5 Å². The molecule has 0 radical (unpaired) electrons. The SMILES string of the molecule is CCOC1C(O)N(c2cc(C(F)(F)F)c(-c3ccccc3)cn2)C(O)N1C. The minimum absolute atomic E-state index is 0.0789. The van der Waals surface area contributed by atoms with E-state index in [0.29, 0.717) is 5.56 Å². The normalized spacial score (nSPS) is 23.8. The van der Waals surface area contributed by atoms with E-state index in [4.69, 9.17) is 4.74 Å². The lowest BCUT2D eigenvalue weighted by Crippen LogP contribution is -2.40. The number of aliphatic hydroxyl groups excluding tert-OH is 2. The van der Waals surface area contributed by atoms with Crippen molar-refractivity contribution in [2.45, 2.75) is 31.9 Å². The van der Waals surface area contributed by atoms with Gasteiger partial charge in [-0.3, -0.25) is 4.90 Å². The average Bonchev–Trinajstić information content (AvgIpc) is 2.85. The molecule has 9 heteroatoms. The van der Waals surface area contributed by atoms with Gasteiger partial charge in [-0.1, -0.05) is 30.3 Å². The summed E-state index contributed by atoms with van der Waals surface area (Å²) >= 11 is 0. The Morgan fingerprint density at radius 1 is 1.19 bits per heavy atom. The van der Waals surface area contributed by atoms with Crippen LogP contribution in [0.15, 0.2) is 42.6 Å². The van der Waals surface area contributed by atoms with E-state index in [-0.39, 0.29) is 18.0 Å². The van der Waals surface area contributed by atoms with Crippen LogP contribution in [0.5, 0.6) is 0 Å². The van der Waals surface area contributed by atoms with E-state index in [1.165, 1.54) is 11.9 Å². The van der Waals surface area contributed by atoms with Gasteiger partial charge in [-0.25, -0.2) is 9.88 Å². The Labute approximate surface area is 154 Å². The summed E-state index contributed by atoms with van der Waals surface area (Å²) in [5.41, 5.74) is -0.610. The molecule has 0 amide bonds. The number of nitrogens with zero attached hydrogens (tertiary/aromatic N) is 3. The molecule has 3 unspecified atom stereocenters. The van der Waals surface area contributed by atoms with Gasteiger partial charge in [-0.05, 0) is 25.6 Å². The second-order valence-electron chi connectivity index (χ2n) is 6.13. The Kier molecular flexibility index (Phi) is 5.38. The van der Waals surface area contributed by atoms with Crippen molar-refractivity contribution in [1.82, 2.24) is 9.88 Å².